The van der Waals surface area contributed by atoms with Gasteiger partial charge in [-0.05, 0) is 42.3 Å². The Balaban J connectivity index is 1.42. The molecule has 0 spiro atoms. The van der Waals surface area contributed by atoms with Gasteiger partial charge in [0.15, 0.2) is 5.78 Å². The monoisotopic (exact) mass is 383 g/mol. The Morgan fingerprint density at radius 3 is 2.86 bits per heavy atom. The molecule has 0 bridgehead atoms. The molecular weight excluding hydrogens is 362 g/mol. The number of Topliss-reactive ketones (excluding diaryl/α,β-unsaturated/α-hetero) is 1. The van der Waals surface area contributed by atoms with Gasteiger partial charge in [-0.15, -0.1) is 0 Å². The first-order chi connectivity index (χ1) is 14.2. The molecule has 1 aromatic carbocycles. The van der Waals surface area contributed by atoms with Crippen LogP contribution in [0.5, 0.6) is 0 Å². The van der Waals surface area contributed by atoms with Crippen molar-refractivity contribution in [3.8, 4) is 11.1 Å². The lowest BCUT2D eigenvalue weighted by atomic mass is 9.96. The topological polar surface area (TPSA) is 72.7 Å². The minimum Gasteiger partial charge on any atom is -0.312 e. The number of carbonyl (C=O) groups excluding carboxylic acids is 1. The van der Waals surface area contributed by atoms with Gasteiger partial charge >= 0.3 is 0 Å². The molecule has 4 aromatic rings. The van der Waals surface area contributed by atoms with E-state index >= 15 is 0 Å². The zero-order chi connectivity index (χ0) is 19.8. The van der Waals surface area contributed by atoms with Crippen LogP contribution in [0.25, 0.3) is 22.0 Å². The SMILES string of the molecule is Cn1cc(-c2cnc3cnc(CC(=O)c4ccc5c(c4)CNCC5)cc3c2)cn1. The summed E-state index contributed by atoms with van der Waals surface area (Å²) >= 11 is 0. The number of ketones is 1. The quantitative estimate of drug-likeness (QED) is 0.548. The molecule has 0 atom stereocenters. The van der Waals surface area contributed by atoms with Gasteiger partial charge in [0.1, 0.15) is 0 Å². The van der Waals surface area contributed by atoms with E-state index in [0.29, 0.717) is 0 Å². The average Bonchev–Trinajstić information content (AvgIpc) is 3.19. The number of nitrogens with one attached hydrogen (secondary N) is 1. The summed E-state index contributed by atoms with van der Waals surface area (Å²) in [5.41, 5.74) is 6.88. The molecular formula is C23H21N5O. The number of fused-ring (bicyclic) bond motifs is 2. The van der Waals surface area contributed by atoms with E-state index in [1.807, 2.05) is 43.8 Å². The summed E-state index contributed by atoms with van der Waals surface area (Å²) in [5, 5.41) is 8.55. The summed E-state index contributed by atoms with van der Waals surface area (Å²) in [7, 11) is 1.89. The Morgan fingerprint density at radius 2 is 2.00 bits per heavy atom. The first kappa shape index (κ1) is 17.7. The summed E-state index contributed by atoms with van der Waals surface area (Å²) in [6, 6.07) is 10.1. The highest BCUT2D eigenvalue weighted by molar-refractivity contribution is 5.98. The van der Waals surface area contributed by atoms with Crippen molar-refractivity contribution in [1.29, 1.82) is 0 Å². The minimum atomic E-state index is 0.0848. The Hall–Kier alpha value is -3.38. The van der Waals surface area contributed by atoms with Crippen LogP contribution in [0.4, 0.5) is 0 Å². The van der Waals surface area contributed by atoms with Crippen molar-refractivity contribution in [2.45, 2.75) is 19.4 Å². The number of carbonyl (C=O) groups is 1. The van der Waals surface area contributed by atoms with E-state index < -0.39 is 0 Å². The second kappa shape index (κ2) is 7.22. The lowest BCUT2D eigenvalue weighted by Crippen LogP contribution is -2.24. The fraction of sp³-hybridized carbons (Fsp3) is 0.217. The number of benzene rings is 1. The van der Waals surface area contributed by atoms with Crippen LogP contribution in [0.2, 0.25) is 0 Å². The van der Waals surface area contributed by atoms with Crippen molar-refractivity contribution in [2.24, 2.45) is 7.05 Å². The molecule has 0 fully saturated rings. The number of nitrogens with zero attached hydrogens (tertiary/aromatic N) is 4. The molecule has 1 N–H and O–H groups in total. The molecule has 0 amide bonds. The molecule has 0 unspecified atom stereocenters. The first-order valence-electron chi connectivity index (χ1n) is 9.75. The molecule has 3 aromatic heterocycles. The third-order valence-corrected chi connectivity index (χ3v) is 5.42. The number of aromatic nitrogens is 4. The van der Waals surface area contributed by atoms with E-state index in [4.69, 9.17) is 0 Å². The molecule has 1 aliphatic rings. The number of pyridine rings is 2. The Labute approximate surface area is 168 Å². The van der Waals surface area contributed by atoms with Crippen molar-refractivity contribution in [3.63, 3.8) is 0 Å². The van der Waals surface area contributed by atoms with Crippen LogP contribution in [0.15, 0.2) is 55.1 Å². The normalized spacial score (nSPS) is 13.4. The maximum Gasteiger partial charge on any atom is 0.168 e. The lowest BCUT2D eigenvalue weighted by molar-refractivity contribution is 0.0992. The van der Waals surface area contributed by atoms with Crippen molar-refractivity contribution in [3.05, 3.63) is 77.5 Å². The highest BCUT2D eigenvalue weighted by atomic mass is 16.1. The van der Waals surface area contributed by atoms with Crippen molar-refractivity contribution >= 4 is 16.7 Å². The van der Waals surface area contributed by atoms with Crippen molar-refractivity contribution in [1.82, 2.24) is 25.1 Å². The van der Waals surface area contributed by atoms with Crippen LogP contribution in [0.3, 0.4) is 0 Å². The van der Waals surface area contributed by atoms with Crippen molar-refractivity contribution in [2.75, 3.05) is 6.54 Å². The number of hydrogen-bond acceptors (Lipinski definition) is 5. The fourth-order valence-corrected chi connectivity index (χ4v) is 3.82. The van der Waals surface area contributed by atoms with Gasteiger partial charge in [0.2, 0.25) is 0 Å². The van der Waals surface area contributed by atoms with Gasteiger partial charge in [-0.3, -0.25) is 19.4 Å². The van der Waals surface area contributed by atoms with Crippen molar-refractivity contribution < 1.29 is 4.79 Å². The van der Waals surface area contributed by atoms with E-state index in [-0.39, 0.29) is 12.2 Å². The molecule has 0 saturated heterocycles. The summed E-state index contributed by atoms with van der Waals surface area (Å²) < 4.78 is 1.77. The second-order valence-corrected chi connectivity index (χ2v) is 7.51. The fourth-order valence-electron chi connectivity index (χ4n) is 3.82. The third-order valence-electron chi connectivity index (χ3n) is 5.42. The van der Waals surface area contributed by atoms with E-state index in [2.05, 4.69) is 32.5 Å². The van der Waals surface area contributed by atoms with E-state index in [1.165, 1.54) is 11.1 Å². The molecule has 5 rings (SSSR count). The van der Waals surface area contributed by atoms with Gasteiger partial charge in [0, 0.05) is 53.8 Å². The van der Waals surface area contributed by atoms with Gasteiger partial charge in [-0.25, -0.2) is 0 Å². The zero-order valence-electron chi connectivity index (χ0n) is 16.2. The molecule has 0 saturated carbocycles. The summed E-state index contributed by atoms with van der Waals surface area (Å²) in [5.74, 6) is 0.0848. The predicted molar refractivity (Wildman–Crippen MR) is 112 cm³/mol. The number of aryl methyl sites for hydroxylation is 1. The maximum atomic E-state index is 12.8. The molecule has 29 heavy (non-hydrogen) atoms. The van der Waals surface area contributed by atoms with E-state index in [0.717, 1.165) is 52.8 Å². The molecule has 0 aliphatic carbocycles. The number of hydrogen-bond donors (Lipinski definition) is 1. The smallest absolute Gasteiger partial charge is 0.168 e. The first-order valence-corrected chi connectivity index (χ1v) is 9.75. The van der Waals surface area contributed by atoms with Gasteiger partial charge in [0.25, 0.3) is 0 Å². The van der Waals surface area contributed by atoms with Crippen LogP contribution < -0.4 is 5.32 Å². The second-order valence-electron chi connectivity index (χ2n) is 7.51. The molecule has 0 radical (unpaired) electrons. The summed E-state index contributed by atoms with van der Waals surface area (Å²) in [6.07, 6.45) is 8.63. The maximum absolute atomic E-state index is 12.8. The van der Waals surface area contributed by atoms with Gasteiger partial charge in [0.05, 0.1) is 24.3 Å². The van der Waals surface area contributed by atoms with Crippen LogP contribution in [0.1, 0.15) is 27.2 Å². The molecule has 6 heteroatoms. The molecule has 6 nitrogen and oxygen atoms in total. The summed E-state index contributed by atoms with van der Waals surface area (Å²) in [6.45, 7) is 1.82. The van der Waals surface area contributed by atoms with Gasteiger partial charge in [-0.1, -0.05) is 12.1 Å². The standard InChI is InChI=1S/C23H21N5O/c1-28-14-20(12-27-28)19-7-17-8-21(25-13-22(17)26-11-19)9-23(29)16-3-2-15-4-5-24-10-18(15)6-16/h2-3,6-8,11-14,24H,4-5,9-10H2,1H3. The molecule has 4 heterocycles. The largest absolute Gasteiger partial charge is 0.312 e. The van der Waals surface area contributed by atoms with E-state index in [9.17, 15) is 4.79 Å². The third kappa shape index (κ3) is 3.54. The zero-order valence-corrected chi connectivity index (χ0v) is 16.2. The van der Waals surface area contributed by atoms with E-state index in [1.54, 1.807) is 10.9 Å². The van der Waals surface area contributed by atoms with Gasteiger partial charge < -0.3 is 5.32 Å². The summed E-state index contributed by atoms with van der Waals surface area (Å²) in [4.78, 5) is 21.8. The Bertz CT molecular complexity index is 1230. The lowest BCUT2D eigenvalue weighted by Gasteiger charge is -2.17. The van der Waals surface area contributed by atoms with Crippen LogP contribution in [-0.2, 0) is 26.4 Å². The molecule has 1 aliphatic heterocycles. The van der Waals surface area contributed by atoms with Gasteiger partial charge in [-0.2, -0.15) is 5.10 Å². The Kier molecular flexibility index (Phi) is 4.41. The average molecular weight is 383 g/mol. The van der Waals surface area contributed by atoms with Crippen LogP contribution >= 0.6 is 0 Å². The molecule has 144 valence electrons. The van der Waals surface area contributed by atoms with Crippen LogP contribution in [-0.4, -0.2) is 32.1 Å². The highest BCUT2D eigenvalue weighted by Crippen LogP contribution is 2.23. The highest BCUT2D eigenvalue weighted by Gasteiger charge is 2.14. The van der Waals surface area contributed by atoms with Crippen LogP contribution in [0, 0.1) is 0 Å². The number of rotatable bonds is 4. The predicted octanol–water partition coefficient (Wildman–Crippen LogP) is 3.10. The minimum absolute atomic E-state index is 0.0848. The Morgan fingerprint density at radius 1 is 1.07 bits per heavy atom.